The molecular formula is C16H16ClN3O4. The van der Waals surface area contributed by atoms with Crippen LogP contribution in [0.2, 0.25) is 5.02 Å². The maximum absolute atomic E-state index is 12.6. The van der Waals surface area contributed by atoms with Crippen LogP contribution in [0.5, 0.6) is 0 Å². The van der Waals surface area contributed by atoms with Gasteiger partial charge in [-0.1, -0.05) is 11.6 Å². The van der Waals surface area contributed by atoms with E-state index in [1.165, 1.54) is 11.1 Å². The van der Waals surface area contributed by atoms with Gasteiger partial charge >= 0.3 is 5.97 Å². The predicted molar refractivity (Wildman–Crippen MR) is 86.4 cm³/mol. The summed E-state index contributed by atoms with van der Waals surface area (Å²) >= 11 is 5.86. The number of aromatic nitrogens is 2. The lowest BCUT2D eigenvalue weighted by molar-refractivity contribution is -0.160. The Hall–Kier alpha value is -2.38. The largest absolute Gasteiger partial charge is 0.479 e. The summed E-state index contributed by atoms with van der Waals surface area (Å²) in [5.74, 6) is -1.34. The molecule has 1 aliphatic rings. The third kappa shape index (κ3) is 3.42. The molecule has 1 aliphatic heterocycles. The first-order valence-corrected chi connectivity index (χ1v) is 7.80. The van der Waals surface area contributed by atoms with Crippen LogP contribution in [0.1, 0.15) is 17.3 Å². The molecule has 7 nitrogen and oxygen atoms in total. The van der Waals surface area contributed by atoms with Gasteiger partial charge in [0.15, 0.2) is 6.10 Å². The number of morpholine rings is 1. The topological polar surface area (TPSA) is 84.7 Å². The van der Waals surface area contributed by atoms with Crippen LogP contribution in [0.3, 0.4) is 0 Å². The maximum atomic E-state index is 12.6. The van der Waals surface area contributed by atoms with Crippen molar-refractivity contribution in [1.29, 1.82) is 0 Å². The highest BCUT2D eigenvalue weighted by Crippen LogP contribution is 2.17. The quantitative estimate of drug-likeness (QED) is 0.914. The number of amides is 1. The normalized spacial score (nSPS) is 20.8. The van der Waals surface area contributed by atoms with E-state index < -0.39 is 12.1 Å². The highest BCUT2D eigenvalue weighted by atomic mass is 35.5. The highest BCUT2D eigenvalue weighted by Gasteiger charge is 2.33. The molecule has 8 heteroatoms. The maximum Gasteiger partial charge on any atom is 0.334 e. The minimum atomic E-state index is -1.07. The number of ether oxygens (including phenoxy) is 1. The zero-order valence-corrected chi connectivity index (χ0v) is 13.7. The summed E-state index contributed by atoms with van der Waals surface area (Å²) in [6.45, 7) is 2.10. The predicted octanol–water partition coefficient (Wildman–Crippen LogP) is 1.84. The van der Waals surface area contributed by atoms with Gasteiger partial charge in [-0.15, -0.1) is 0 Å². The number of nitrogens with zero attached hydrogens (tertiary/aromatic N) is 3. The summed E-state index contributed by atoms with van der Waals surface area (Å²) in [6, 6.07) is 7.06. The SMILES string of the molecule is C[C@@H]1CN(C(=O)c2cnn(-c3ccc(Cl)cc3)c2)CC(C(=O)O)O1. The first-order chi connectivity index (χ1) is 11.4. The molecular weight excluding hydrogens is 334 g/mol. The molecule has 1 aromatic carbocycles. The van der Waals surface area contributed by atoms with Crippen molar-refractivity contribution < 1.29 is 19.4 Å². The van der Waals surface area contributed by atoms with Crippen molar-refractivity contribution in [2.24, 2.45) is 0 Å². The van der Waals surface area contributed by atoms with E-state index >= 15 is 0 Å². The first kappa shape index (κ1) is 16.5. The molecule has 126 valence electrons. The zero-order chi connectivity index (χ0) is 17.3. The molecule has 0 aliphatic carbocycles. The molecule has 1 saturated heterocycles. The Morgan fingerprint density at radius 3 is 2.67 bits per heavy atom. The molecule has 0 spiro atoms. The molecule has 1 aromatic heterocycles. The molecule has 0 saturated carbocycles. The number of halogens is 1. The standard InChI is InChI=1S/C16H16ClN3O4/c1-10-7-19(9-14(24-10)16(22)23)15(21)11-6-18-20(8-11)13-4-2-12(17)3-5-13/h2-6,8,10,14H,7,9H2,1H3,(H,22,23)/t10-,14?/m1/s1. The van der Waals surface area contributed by atoms with E-state index in [1.807, 2.05) is 0 Å². The van der Waals surface area contributed by atoms with Crippen LogP contribution in [-0.4, -0.2) is 57.0 Å². The summed E-state index contributed by atoms with van der Waals surface area (Å²) in [5, 5.41) is 13.9. The van der Waals surface area contributed by atoms with Crippen molar-refractivity contribution in [2.45, 2.75) is 19.1 Å². The number of benzene rings is 1. The van der Waals surface area contributed by atoms with Gasteiger partial charge in [0.1, 0.15) is 0 Å². The molecule has 0 radical (unpaired) electrons. The Balaban J connectivity index is 1.78. The summed E-state index contributed by atoms with van der Waals surface area (Å²) in [5.41, 5.74) is 1.17. The average molecular weight is 350 g/mol. The molecule has 2 aromatic rings. The minimum absolute atomic E-state index is 0.0185. The Morgan fingerprint density at radius 1 is 1.29 bits per heavy atom. The van der Waals surface area contributed by atoms with Gasteiger partial charge in [0, 0.05) is 17.8 Å². The Bertz CT molecular complexity index is 759. The molecule has 24 heavy (non-hydrogen) atoms. The number of hydrogen-bond donors (Lipinski definition) is 1. The van der Waals surface area contributed by atoms with Crippen molar-refractivity contribution in [1.82, 2.24) is 14.7 Å². The molecule has 1 N–H and O–H groups in total. The number of rotatable bonds is 3. The van der Waals surface area contributed by atoms with Gasteiger partial charge in [-0.3, -0.25) is 4.79 Å². The van der Waals surface area contributed by atoms with Crippen molar-refractivity contribution >= 4 is 23.5 Å². The van der Waals surface area contributed by atoms with Crippen molar-refractivity contribution in [3.63, 3.8) is 0 Å². The first-order valence-electron chi connectivity index (χ1n) is 7.42. The van der Waals surface area contributed by atoms with Crippen LogP contribution in [0.15, 0.2) is 36.7 Å². The minimum Gasteiger partial charge on any atom is -0.479 e. The van der Waals surface area contributed by atoms with E-state index in [2.05, 4.69) is 5.10 Å². The lowest BCUT2D eigenvalue weighted by Gasteiger charge is -2.34. The molecule has 3 rings (SSSR count). The van der Waals surface area contributed by atoms with Crippen LogP contribution in [0, 0.1) is 0 Å². The fraction of sp³-hybridized carbons (Fsp3) is 0.312. The average Bonchev–Trinajstić information content (AvgIpc) is 3.04. The second-order valence-corrected chi connectivity index (χ2v) is 6.07. The lowest BCUT2D eigenvalue weighted by Crippen LogP contribution is -2.51. The van der Waals surface area contributed by atoms with Crippen molar-refractivity contribution in [3.05, 3.63) is 47.2 Å². The number of carbonyl (C=O) groups excluding carboxylic acids is 1. The monoisotopic (exact) mass is 349 g/mol. The summed E-state index contributed by atoms with van der Waals surface area (Å²) in [6.07, 6.45) is 1.73. The highest BCUT2D eigenvalue weighted by molar-refractivity contribution is 6.30. The second-order valence-electron chi connectivity index (χ2n) is 5.63. The molecule has 2 heterocycles. The Kier molecular flexibility index (Phi) is 4.55. The van der Waals surface area contributed by atoms with Gasteiger partial charge in [0.2, 0.25) is 0 Å². The van der Waals surface area contributed by atoms with Gasteiger partial charge in [0.25, 0.3) is 5.91 Å². The van der Waals surface area contributed by atoms with E-state index in [-0.39, 0.29) is 18.6 Å². The fourth-order valence-corrected chi connectivity index (χ4v) is 2.73. The van der Waals surface area contributed by atoms with E-state index in [4.69, 9.17) is 21.4 Å². The molecule has 1 amide bonds. The van der Waals surface area contributed by atoms with Crippen LogP contribution in [0.25, 0.3) is 5.69 Å². The van der Waals surface area contributed by atoms with Crippen LogP contribution < -0.4 is 0 Å². The number of carbonyl (C=O) groups is 2. The Labute approximate surface area is 143 Å². The van der Waals surface area contributed by atoms with E-state index in [1.54, 1.807) is 42.1 Å². The number of aliphatic carboxylic acids is 1. The third-order valence-corrected chi connectivity index (χ3v) is 4.00. The van der Waals surface area contributed by atoms with E-state index in [9.17, 15) is 9.59 Å². The van der Waals surface area contributed by atoms with Crippen molar-refractivity contribution in [2.75, 3.05) is 13.1 Å². The van der Waals surface area contributed by atoms with Gasteiger partial charge in [-0.25, -0.2) is 9.48 Å². The van der Waals surface area contributed by atoms with Gasteiger partial charge in [-0.2, -0.15) is 5.10 Å². The summed E-state index contributed by atoms with van der Waals surface area (Å²) in [7, 11) is 0. The Morgan fingerprint density at radius 2 is 2.00 bits per heavy atom. The van der Waals surface area contributed by atoms with Crippen molar-refractivity contribution in [3.8, 4) is 5.69 Å². The van der Waals surface area contributed by atoms with E-state index in [0.717, 1.165) is 5.69 Å². The van der Waals surface area contributed by atoms with E-state index in [0.29, 0.717) is 17.1 Å². The van der Waals surface area contributed by atoms with Crippen LogP contribution in [0.4, 0.5) is 0 Å². The van der Waals surface area contributed by atoms with Crippen LogP contribution in [-0.2, 0) is 9.53 Å². The smallest absolute Gasteiger partial charge is 0.334 e. The third-order valence-electron chi connectivity index (χ3n) is 3.74. The zero-order valence-electron chi connectivity index (χ0n) is 12.9. The summed E-state index contributed by atoms with van der Waals surface area (Å²) < 4.78 is 6.89. The van der Waals surface area contributed by atoms with Crippen LogP contribution >= 0.6 is 11.6 Å². The number of hydrogen-bond acceptors (Lipinski definition) is 4. The fourth-order valence-electron chi connectivity index (χ4n) is 2.60. The molecule has 1 unspecified atom stereocenters. The molecule has 0 bridgehead atoms. The number of carboxylic acids is 1. The van der Waals surface area contributed by atoms with Gasteiger partial charge in [0.05, 0.1) is 30.1 Å². The van der Waals surface area contributed by atoms with Gasteiger partial charge in [-0.05, 0) is 31.2 Å². The second kappa shape index (κ2) is 6.62. The lowest BCUT2D eigenvalue weighted by atomic mass is 10.2. The molecule has 1 fully saturated rings. The summed E-state index contributed by atoms with van der Waals surface area (Å²) in [4.78, 5) is 25.2. The molecule has 2 atom stereocenters. The van der Waals surface area contributed by atoms with Gasteiger partial charge < -0.3 is 14.7 Å². The number of carboxylic acid groups (broad SMARTS) is 1.